The fraction of sp³-hybridized carbons (Fsp3) is 0.526. The molecule has 0 saturated carbocycles. The van der Waals surface area contributed by atoms with Crippen molar-refractivity contribution in [1.82, 2.24) is 15.6 Å². The molecule has 134 valence electrons. The van der Waals surface area contributed by atoms with Crippen LogP contribution in [0.4, 0.5) is 0 Å². The van der Waals surface area contributed by atoms with Crippen molar-refractivity contribution in [2.75, 3.05) is 0 Å². The second-order valence-electron chi connectivity index (χ2n) is 7.43. The van der Waals surface area contributed by atoms with Crippen molar-refractivity contribution in [2.45, 2.75) is 53.4 Å². The minimum Gasteiger partial charge on any atom is -0.463 e. The Labute approximate surface area is 148 Å². The molecule has 0 unspecified atom stereocenters. The molecular weight excluding hydrogens is 316 g/mol. The Bertz CT molecular complexity index is 771. The maximum absolute atomic E-state index is 12.5. The summed E-state index contributed by atoms with van der Waals surface area (Å²) >= 11 is 0. The maximum atomic E-state index is 12.5. The lowest BCUT2D eigenvalue weighted by atomic mass is 9.69. The van der Waals surface area contributed by atoms with Gasteiger partial charge in [-0.25, -0.2) is 5.43 Å². The number of hydrazone groups is 1. The average molecular weight is 342 g/mol. The van der Waals surface area contributed by atoms with E-state index in [4.69, 9.17) is 4.42 Å². The summed E-state index contributed by atoms with van der Waals surface area (Å²) < 4.78 is 5.27. The number of H-pyrrole nitrogens is 1. The maximum Gasteiger partial charge on any atom is 0.292 e. The molecule has 0 aromatic carbocycles. The molecule has 0 spiro atoms. The lowest BCUT2D eigenvalue weighted by Crippen LogP contribution is -2.30. The van der Waals surface area contributed by atoms with E-state index in [1.165, 1.54) is 0 Å². The van der Waals surface area contributed by atoms with Gasteiger partial charge in [0.1, 0.15) is 11.5 Å². The minimum atomic E-state index is -0.279. The van der Waals surface area contributed by atoms with Gasteiger partial charge in [0, 0.05) is 11.3 Å². The molecule has 0 radical (unpaired) electrons. The van der Waals surface area contributed by atoms with Crippen molar-refractivity contribution >= 4 is 11.6 Å². The molecular formula is C19H26N4O2. The second-order valence-corrected chi connectivity index (χ2v) is 7.43. The molecule has 2 N–H and O–H groups in total. The number of aryl methyl sites for hydroxylation is 1. The highest BCUT2D eigenvalue weighted by atomic mass is 16.3. The third-order valence-corrected chi connectivity index (χ3v) is 5.58. The molecule has 0 bridgehead atoms. The standard InChI is InChI=1S/C19H26N4O2/c1-5-19(3,4)13-8-9-15-14(11-13)17(22-21-15)18(24)23-20-12(2)16-7-6-10-25-16/h6-7,10,13H,5,8-9,11H2,1-4H3,(H,21,22)(H,23,24)/b20-12-/t13-/m1/s1. The molecule has 1 aliphatic rings. The third kappa shape index (κ3) is 3.52. The number of fused-ring (bicyclic) bond motifs is 1. The van der Waals surface area contributed by atoms with Crippen molar-refractivity contribution in [3.8, 4) is 0 Å². The molecule has 1 amide bonds. The number of furan rings is 1. The van der Waals surface area contributed by atoms with Gasteiger partial charge in [-0.2, -0.15) is 10.2 Å². The summed E-state index contributed by atoms with van der Waals surface area (Å²) in [5.74, 6) is 0.912. The summed E-state index contributed by atoms with van der Waals surface area (Å²) in [6, 6.07) is 3.59. The fourth-order valence-electron chi connectivity index (χ4n) is 3.37. The van der Waals surface area contributed by atoms with E-state index in [9.17, 15) is 4.79 Å². The van der Waals surface area contributed by atoms with E-state index >= 15 is 0 Å². The number of hydrogen-bond acceptors (Lipinski definition) is 4. The van der Waals surface area contributed by atoms with Gasteiger partial charge < -0.3 is 4.42 Å². The van der Waals surface area contributed by atoms with E-state index < -0.39 is 0 Å². The van der Waals surface area contributed by atoms with Crippen molar-refractivity contribution in [2.24, 2.45) is 16.4 Å². The van der Waals surface area contributed by atoms with Gasteiger partial charge in [0.05, 0.1) is 6.26 Å². The normalized spacial score (nSPS) is 18.1. The van der Waals surface area contributed by atoms with E-state index in [1.807, 2.05) is 0 Å². The lowest BCUT2D eigenvalue weighted by Gasteiger charge is -2.36. The van der Waals surface area contributed by atoms with E-state index in [1.54, 1.807) is 25.3 Å². The van der Waals surface area contributed by atoms with Crippen LogP contribution in [0.1, 0.15) is 68.0 Å². The first kappa shape index (κ1) is 17.5. The van der Waals surface area contributed by atoms with Gasteiger partial charge >= 0.3 is 0 Å². The quantitative estimate of drug-likeness (QED) is 0.642. The first-order chi connectivity index (χ1) is 11.9. The number of hydrogen-bond donors (Lipinski definition) is 2. The first-order valence-corrected chi connectivity index (χ1v) is 8.87. The molecule has 3 rings (SSSR count). The molecule has 2 heterocycles. The largest absolute Gasteiger partial charge is 0.463 e. The highest BCUT2D eigenvalue weighted by Gasteiger charge is 2.34. The van der Waals surface area contributed by atoms with Gasteiger partial charge in [-0.15, -0.1) is 0 Å². The van der Waals surface area contributed by atoms with E-state index in [2.05, 4.69) is 41.5 Å². The molecule has 2 aromatic heterocycles. The number of rotatable bonds is 5. The number of aromatic amines is 1. The average Bonchev–Trinajstić information content (AvgIpc) is 3.28. The molecule has 1 atom stereocenters. The Morgan fingerprint density at radius 2 is 2.32 bits per heavy atom. The van der Waals surface area contributed by atoms with Gasteiger partial charge in [-0.05, 0) is 49.7 Å². The van der Waals surface area contributed by atoms with Crippen LogP contribution in [-0.2, 0) is 12.8 Å². The third-order valence-electron chi connectivity index (χ3n) is 5.58. The van der Waals surface area contributed by atoms with Crippen molar-refractivity contribution in [3.63, 3.8) is 0 Å². The molecule has 0 saturated heterocycles. The predicted octanol–water partition coefficient (Wildman–Crippen LogP) is 3.70. The van der Waals surface area contributed by atoms with Crippen LogP contribution < -0.4 is 5.43 Å². The van der Waals surface area contributed by atoms with Gasteiger partial charge in [-0.3, -0.25) is 9.89 Å². The van der Waals surface area contributed by atoms with Crippen molar-refractivity contribution in [1.29, 1.82) is 0 Å². The Morgan fingerprint density at radius 1 is 1.52 bits per heavy atom. The fourth-order valence-corrected chi connectivity index (χ4v) is 3.37. The van der Waals surface area contributed by atoms with Gasteiger partial charge in [0.25, 0.3) is 5.91 Å². The number of carbonyl (C=O) groups excluding carboxylic acids is 1. The number of nitrogens with one attached hydrogen (secondary N) is 2. The smallest absolute Gasteiger partial charge is 0.292 e. The van der Waals surface area contributed by atoms with Gasteiger partial charge in [0.15, 0.2) is 5.69 Å². The van der Waals surface area contributed by atoms with E-state index in [0.29, 0.717) is 23.1 Å². The molecule has 6 heteroatoms. The predicted molar refractivity (Wildman–Crippen MR) is 96.6 cm³/mol. The second kappa shape index (κ2) is 6.86. The summed E-state index contributed by atoms with van der Waals surface area (Å²) in [4.78, 5) is 12.5. The van der Waals surface area contributed by atoms with Gasteiger partial charge in [0.2, 0.25) is 0 Å². The minimum absolute atomic E-state index is 0.261. The highest BCUT2D eigenvalue weighted by Crippen LogP contribution is 2.40. The first-order valence-electron chi connectivity index (χ1n) is 8.87. The zero-order valence-electron chi connectivity index (χ0n) is 15.3. The van der Waals surface area contributed by atoms with E-state index in [0.717, 1.165) is 36.9 Å². The van der Waals surface area contributed by atoms with Crippen LogP contribution in [0.5, 0.6) is 0 Å². The zero-order valence-corrected chi connectivity index (χ0v) is 15.3. The Balaban J connectivity index is 1.75. The Hall–Kier alpha value is -2.37. The zero-order chi connectivity index (χ0) is 18.0. The van der Waals surface area contributed by atoms with Crippen LogP contribution in [0, 0.1) is 11.3 Å². The SMILES string of the molecule is CCC(C)(C)[C@@H]1CCc2[nH]nc(C(=O)N/N=C(/C)c3ccco3)c2C1. The van der Waals surface area contributed by atoms with Crippen LogP contribution in [0.2, 0.25) is 0 Å². The monoisotopic (exact) mass is 342 g/mol. The summed E-state index contributed by atoms with van der Waals surface area (Å²) in [5.41, 5.74) is 6.06. The number of nitrogens with zero attached hydrogens (tertiary/aromatic N) is 2. The summed E-state index contributed by atoms with van der Waals surface area (Å²) in [6.45, 7) is 8.63. The molecule has 0 aliphatic heterocycles. The summed E-state index contributed by atoms with van der Waals surface area (Å²) in [6.07, 6.45) is 5.66. The number of amides is 1. The Morgan fingerprint density at radius 3 is 3.00 bits per heavy atom. The number of aromatic nitrogens is 2. The van der Waals surface area contributed by atoms with Crippen LogP contribution in [-0.4, -0.2) is 21.8 Å². The summed E-state index contributed by atoms with van der Waals surface area (Å²) in [5, 5.41) is 11.4. The van der Waals surface area contributed by atoms with Crippen LogP contribution in [0.3, 0.4) is 0 Å². The van der Waals surface area contributed by atoms with Crippen LogP contribution in [0.25, 0.3) is 0 Å². The molecule has 6 nitrogen and oxygen atoms in total. The van der Waals surface area contributed by atoms with Crippen molar-refractivity contribution in [3.05, 3.63) is 41.1 Å². The Kier molecular flexibility index (Phi) is 4.79. The van der Waals surface area contributed by atoms with Crippen molar-refractivity contribution < 1.29 is 9.21 Å². The van der Waals surface area contributed by atoms with Crippen LogP contribution in [0.15, 0.2) is 27.9 Å². The highest BCUT2D eigenvalue weighted by molar-refractivity contribution is 5.99. The molecule has 1 aliphatic carbocycles. The topological polar surface area (TPSA) is 83.3 Å². The van der Waals surface area contributed by atoms with Crippen LogP contribution >= 0.6 is 0 Å². The molecule has 2 aromatic rings. The molecule has 0 fully saturated rings. The summed E-state index contributed by atoms with van der Waals surface area (Å²) in [7, 11) is 0. The molecule has 25 heavy (non-hydrogen) atoms. The van der Waals surface area contributed by atoms with E-state index in [-0.39, 0.29) is 11.3 Å². The van der Waals surface area contributed by atoms with Gasteiger partial charge in [-0.1, -0.05) is 27.2 Å². The number of carbonyl (C=O) groups is 1. The lowest BCUT2D eigenvalue weighted by molar-refractivity contribution is 0.0947.